The van der Waals surface area contributed by atoms with Gasteiger partial charge in [0.2, 0.25) is 0 Å². The minimum absolute atomic E-state index is 0.672. The van der Waals surface area contributed by atoms with E-state index in [-0.39, 0.29) is 0 Å². The summed E-state index contributed by atoms with van der Waals surface area (Å²) in [5.41, 5.74) is 6.96. The van der Waals surface area contributed by atoms with Crippen LogP contribution in [-0.2, 0) is 0 Å². The molecule has 0 bridgehead atoms. The second-order valence-electron chi connectivity index (χ2n) is 3.41. The molecule has 2 heteroatoms. The average Bonchev–Trinajstić information content (AvgIpc) is 2.05. The molecule has 0 saturated heterocycles. The molecule has 1 aliphatic heterocycles. The quantitative estimate of drug-likeness (QED) is 0.601. The molecule has 0 radical (unpaired) electrons. The molecule has 0 aromatic rings. The lowest BCUT2D eigenvalue weighted by molar-refractivity contribution is 0.238. The fourth-order valence-corrected chi connectivity index (χ4v) is 1.38. The molecule has 2 nitrogen and oxygen atoms in total. The van der Waals surface area contributed by atoms with E-state index in [1.807, 2.05) is 0 Å². The molecule has 0 atom stereocenters. The predicted octanol–water partition coefficient (Wildman–Crippen LogP) is 0.986. The first kappa shape index (κ1) is 8.75. The first-order valence-corrected chi connectivity index (χ1v) is 4.36. The number of rotatable bonds is 2. The third-order valence-electron chi connectivity index (χ3n) is 2.33. The van der Waals surface area contributed by atoms with E-state index in [4.69, 9.17) is 5.73 Å². The van der Waals surface area contributed by atoms with Crippen molar-refractivity contribution >= 4 is 0 Å². The maximum atomic E-state index is 5.54. The molecule has 0 spiro atoms. The SMILES string of the molecule is CC(C)N1CC=C(CN)CC1. The Bertz CT molecular complexity index is 150. The van der Waals surface area contributed by atoms with Crippen molar-refractivity contribution in [3.05, 3.63) is 11.6 Å². The summed E-state index contributed by atoms with van der Waals surface area (Å²) in [6.45, 7) is 7.49. The van der Waals surface area contributed by atoms with Gasteiger partial charge in [-0.3, -0.25) is 4.90 Å². The van der Waals surface area contributed by atoms with Gasteiger partial charge < -0.3 is 5.73 Å². The van der Waals surface area contributed by atoms with Crippen molar-refractivity contribution in [2.45, 2.75) is 26.3 Å². The van der Waals surface area contributed by atoms with Gasteiger partial charge in [-0.25, -0.2) is 0 Å². The van der Waals surface area contributed by atoms with Crippen molar-refractivity contribution in [3.63, 3.8) is 0 Å². The van der Waals surface area contributed by atoms with Crippen LogP contribution in [0, 0.1) is 0 Å². The smallest absolute Gasteiger partial charge is 0.0169 e. The summed E-state index contributed by atoms with van der Waals surface area (Å²) in [5.74, 6) is 0. The fourth-order valence-electron chi connectivity index (χ4n) is 1.38. The normalized spacial score (nSPS) is 20.5. The van der Waals surface area contributed by atoms with E-state index >= 15 is 0 Å². The molecule has 2 N–H and O–H groups in total. The van der Waals surface area contributed by atoms with Crippen molar-refractivity contribution in [1.82, 2.24) is 4.90 Å². The second-order valence-corrected chi connectivity index (χ2v) is 3.41. The van der Waals surface area contributed by atoms with Crippen molar-refractivity contribution in [2.24, 2.45) is 5.73 Å². The van der Waals surface area contributed by atoms with Gasteiger partial charge in [-0.05, 0) is 20.3 Å². The monoisotopic (exact) mass is 154 g/mol. The minimum Gasteiger partial charge on any atom is -0.327 e. The highest BCUT2D eigenvalue weighted by molar-refractivity contribution is 5.08. The average molecular weight is 154 g/mol. The Hall–Kier alpha value is -0.340. The molecule has 11 heavy (non-hydrogen) atoms. The van der Waals surface area contributed by atoms with Crippen molar-refractivity contribution in [1.29, 1.82) is 0 Å². The van der Waals surface area contributed by atoms with Crippen LogP contribution >= 0.6 is 0 Å². The Morgan fingerprint density at radius 3 is 2.73 bits per heavy atom. The topological polar surface area (TPSA) is 29.3 Å². The van der Waals surface area contributed by atoms with Crippen molar-refractivity contribution in [2.75, 3.05) is 19.6 Å². The molecule has 0 fully saturated rings. The molecule has 0 aromatic carbocycles. The van der Waals surface area contributed by atoms with Gasteiger partial charge in [0.15, 0.2) is 0 Å². The number of nitrogens with zero attached hydrogens (tertiary/aromatic N) is 1. The van der Waals surface area contributed by atoms with Gasteiger partial charge in [0.25, 0.3) is 0 Å². The maximum absolute atomic E-state index is 5.54. The summed E-state index contributed by atoms with van der Waals surface area (Å²) in [4.78, 5) is 2.46. The molecule has 64 valence electrons. The second kappa shape index (κ2) is 3.88. The van der Waals surface area contributed by atoms with Gasteiger partial charge in [0, 0.05) is 25.7 Å². The third kappa shape index (κ3) is 2.31. The summed E-state index contributed by atoms with van der Waals surface area (Å²) in [5, 5.41) is 0. The van der Waals surface area contributed by atoms with Crippen LogP contribution in [0.15, 0.2) is 11.6 Å². The Kier molecular flexibility index (Phi) is 3.09. The van der Waals surface area contributed by atoms with Gasteiger partial charge in [-0.15, -0.1) is 0 Å². The fraction of sp³-hybridized carbons (Fsp3) is 0.778. The van der Waals surface area contributed by atoms with Crippen LogP contribution in [0.3, 0.4) is 0 Å². The molecule has 1 aliphatic rings. The zero-order chi connectivity index (χ0) is 8.27. The molecule has 0 saturated carbocycles. The van der Waals surface area contributed by atoms with Crippen LogP contribution in [0.5, 0.6) is 0 Å². The summed E-state index contributed by atoms with van der Waals surface area (Å²) in [6, 6.07) is 0.672. The first-order valence-electron chi connectivity index (χ1n) is 4.36. The van der Waals surface area contributed by atoms with E-state index < -0.39 is 0 Å². The maximum Gasteiger partial charge on any atom is 0.0169 e. The third-order valence-corrected chi connectivity index (χ3v) is 2.33. The summed E-state index contributed by atoms with van der Waals surface area (Å²) >= 11 is 0. The van der Waals surface area contributed by atoms with Gasteiger partial charge in [-0.1, -0.05) is 11.6 Å². The van der Waals surface area contributed by atoms with E-state index in [2.05, 4.69) is 24.8 Å². The van der Waals surface area contributed by atoms with Gasteiger partial charge >= 0.3 is 0 Å². The molecular weight excluding hydrogens is 136 g/mol. The van der Waals surface area contributed by atoms with E-state index in [1.54, 1.807) is 0 Å². The molecule has 1 heterocycles. The van der Waals surface area contributed by atoms with Crippen LogP contribution in [0.1, 0.15) is 20.3 Å². The lowest BCUT2D eigenvalue weighted by atomic mass is 10.1. The standard InChI is InChI=1S/C9H18N2/c1-8(2)11-5-3-9(7-10)4-6-11/h3,8H,4-7,10H2,1-2H3. The zero-order valence-electron chi connectivity index (χ0n) is 7.51. The minimum atomic E-state index is 0.672. The van der Waals surface area contributed by atoms with Crippen LogP contribution in [-0.4, -0.2) is 30.6 Å². The number of hydrogen-bond donors (Lipinski definition) is 1. The molecule has 0 aromatic heterocycles. The number of hydrogen-bond acceptors (Lipinski definition) is 2. The van der Waals surface area contributed by atoms with E-state index in [0.717, 1.165) is 19.5 Å². The first-order chi connectivity index (χ1) is 5.24. The Morgan fingerprint density at radius 2 is 2.36 bits per heavy atom. The molecule has 0 unspecified atom stereocenters. The number of nitrogens with two attached hydrogens (primary N) is 1. The van der Waals surface area contributed by atoms with Crippen LogP contribution in [0.2, 0.25) is 0 Å². The zero-order valence-corrected chi connectivity index (χ0v) is 7.51. The van der Waals surface area contributed by atoms with E-state index in [1.165, 1.54) is 12.1 Å². The Labute approximate surface area is 69.1 Å². The summed E-state index contributed by atoms with van der Waals surface area (Å²) < 4.78 is 0. The van der Waals surface area contributed by atoms with Crippen molar-refractivity contribution in [3.8, 4) is 0 Å². The Balaban J connectivity index is 2.41. The largest absolute Gasteiger partial charge is 0.327 e. The van der Waals surface area contributed by atoms with Gasteiger partial charge in [0.1, 0.15) is 0 Å². The van der Waals surface area contributed by atoms with Crippen molar-refractivity contribution < 1.29 is 0 Å². The lowest BCUT2D eigenvalue weighted by Crippen LogP contribution is -2.35. The highest BCUT2D eigenvalue weighted by Gasteiger charge is 2.12. The Morgan fingerprint density at radius 1 is 1.64 bits per heavy atom. The van der Waals surface area contributed by atoms with Crippen LogP contribution in [0.25, 0.3) is 0 Å². The highest BCUT2D eigenvalue weighted by atomic mass is 15.1. The molecule has 0 amide bonds. The van der Waals surface area contributed by atoms with Gasteiger partial charge in [0.05, 0.1) is 0 Å². The molecule has 0 aliphatic carbocycles. The lowest BCUT2D eigenvalue weighted by Gasteiger charge is -2.29. The van der Waals surface area contributed by atoms with Crippen LogP contribution < -0.4 is 5.73 Å². The summed E-state index contributed by atoms with van der Waals surface area (Å²) in [7, 11) is 0. The molecular formula is C9H18N2. The van der Waals surface area contributed by atoms with E-state index in [0.29, 0.717) is 6.04 Å². The van der Waals surface area contributed by atoms with Crippen LogP contribution in [0.4, 0.5) is 0 Å². The summed E-state index contributed by atoms with van der Waals surface area (Å²) in [6.07, 6.45) is 3.43. The van der Waals surface area contributed by atoms with Gasteiger partial charge in [-0.2, -0.15) is 0 Å². The van der Waals surface area contributed by atoms with E-state index in [9.17, 15) is 0 Å². The predicted molar refractivity (Wildman–Crippen MR) is 48.5 cm³/mol. The highest BCUT2D eigenvalue weighted by Crippen LogP contribution is 2.11. The molecule has 1 rings (SSSR count).